The fourth-order valence-electron chi connectivity index (χ4n) is 3.07. The third-order valence-corrected chi connectivity index (χ3v) is 4.41. The summed E-state index contributed by atoms with van der Waals surface area (Å²) in [5, 5.41) is 3.05. The monoisotopic (exact) mass is 361 g/mol. The van der Waals surface area contributed by atoms with Crippen molar-refractivity contribution < 1.29 is 18.3 Å². The lowest BCUT2D eigenvalue weighted by Gasteiger charge is -2.16. The SMILES string of the molecule is COc1coc(CNc2nc(F)nc3c2ncn3C2CCCCCO2)c1. The van der Waals surface area contributed by atoms with Gasteiger partial charge in [-0.3, -0.25) is 4.57 Å². The van der Waals surface area contributed by atoms with Crippen LogP contribution in [0.15, 0.2) is 23.1 Å². The Bertz CT molecular complexity index is 886. The lowest BCUT2D eigenvalue weighted by Crippen LogP contribution is -2.12. The van der Waals surface area contributed by atoms with E-state index in [0.717, 1.165) is 25.7 Å². The molecule has 1 aliphatic heterocycles. The highest BCUT2D eigenvalue weighted by molar-refractivity contribution is 5.82. The van der Waals surface area contributed by atoms with Crippen LogP contribution >= 0.6 is 0 Å². The molecule has 1 atom stereocenters. The average Bonchev–Trinajstić information content (AvgIpc) is 3.19. The van der Waals surface area contributed by atoms with Gasteiger partial charge < -0.3 is 19.2 Å². The number of rotatable bonds is 5. The highest BCUT2D eigenvalue weighted by Gasteiger charge is 2.20. The predicted molar refractivity (Wildman–Crippen MR) is 91.3 cm³/mol. The molecular weight excluding hydrogens is 341 g/mol. The molecule has 1 N–H and O–H groups in total. The molecule has 1 unspecified atom stereocenters. The molecule has 0 aliphatic carbocycles. The van der Waals surface area contributed by atoms with Gasteiger partial charge in [-0.25, -0.2) is 4.98 Å². The number of aromatic nitrogens is 4. The Morgan fingerprint density at radius 3 is 3.12 bits per heavy atom. The molecule has 0 bridgehead atoms. The topological polar surface area (TPSA) is 87.2 Å². The average molecular weight is 361 g/mol. The molecule has 3 aromatic heterocycles. The van der Waals surface area contributed by atoms with E-state index < -0.39 is 6.08 Å². The molecular formula is C17H20FN5O3. The van der Waals surface area contributed by atoms with Crippen LogP contribution in [0.3, 0.4) is 0 Å². The Hall–Kier alpha value is -2.68. The summed E-state index contributed by atoms with van der Waals surface area (Å²) >= 11 is 0. The number of furan rings is 1. The molecule has 0 aromatic carbocycles. The maximum absolute atomic E-state index is 14.0. The minimum absolute atomic E-state index is 0.181. The van der Waals surface area contributed by atoms with E-state index in [1.165, 1.54) is 6.26 Å². The van der Waals surface area contributed by atoms with E-state index in [0.29, 0.717) is 41.6 Å². The second-order valence-electron chi connectivity index (χ2n) is 6.15. The predicted octanol–water partition coefficient (Wildman–Crippen LogP) is 3.27. The summed E-state index contributed by atoms with van der Waals surface area (Å²) in [6, 6.07) is 1.75. The van der Waals surface area contributed by atoms with E-state index in [2.05, 4.69) is 20.3 Å². The zero-order valence-electron chi connectivity index (χ0n) is 14.4. The molecule has 26 heavy (non-hydrogen) atoms. The van der Waals surface area contributed by atoms with Gasteiger partial charge >= 0.3 is 6.08 Å². The largest absolute Gasteiger partial charge is 0.493 e. The maximum atomic E-state index is 14.0. The lowest BCUT2D eigenvalue weighted by molar-refractivity contribution is 0.00928. The van der Waals surface area contributed by atoms with Crippen molar-refractivity contribution in [2.24, 2.45) is 0 Å². The van der Waals surface area contributed by atoms with Crippen LogP contribution in [0.25, 0.3) is 11.2 Å². The zero-order valence-corrected chi connectivity index (χ0v) is 14.4. The van der Waals surface area contributed by atoms with Crippen LogP contribution in [-0.2, 0) is 11.3 Å². The summed E-state index contributed by atoms with van der Waals surface area (Å²) in [5.41, 5.74) is 0.918. The van der Waals surface area contributed by atoms with Gasteiger partial charge in [0.15, 0.2) is 22.7 Å². The fraction of sp³-hybridized carbons (Fsp3) is 0.471. The summed E-state index contributed by atoms with van der Waals surface area (Å²) in [5.74, 6) is 1.58. The number of anilines is 1. The van der Waals surface area contributed by atoms with Crippen molar-refractivity contribution in [3.63, 3.8) is 0 Å². The van der Waals surface area contributed by atoms with E-state index in [-0.39, 0.29) is 6.23 Å². The zero-order chi connectivity index (χ0) is 17.9. The van der Waals surface area contributed by atoms with E-state index in [4.69, 9.17) is 13.9 Å². The van der Waals surface area contributed by atoms with Gasteiger partial charge in [0.25, 0.3) is 0 Å². The molecule has 1 saturated heterocycles. The number of nitrogens with zero attached hydrogens (tertiary/aromatic N) is 4. The van der Waals surface area contributed by atoms with Crippen LogP contribution < -0.4 is 10.1 Å². The minimum Gasteiger partial charge on any atom is -0.493 e. The minimum atomic E-state index is -0.813. The van der Waals surface area contributed by atoms with Crippen LogP contribution in [0.5, 0.6) is 5.75 Å². The van der Waals surface area contributed by atoms with Crippen molar-refractivity contribution >= 4 is 17.0 Å². The third kappa shape index (κ3) is 3.34. The number of imidazole rings is 1. The van der Waals surface area contributed by atoms with E-state index in [9.17, 15) is 4.39 Å². The van der Waals surface area contributed by atoms with Crippen molar-refractivity contribution in [3.8, 4) is 5.75 Å². The van der Waals surface area contributed by atoms with Crippen LogP contribution in [0.4, 0.5) is 10.2 Å². The van der Waals surface area contributed by atoms with Crippen LogP contribution in [0, 0.1) is 6.08 Å². The summed E-state index contributed by atoms with van der Waals surface area (Å²) in [6.45, 7) is 1.01. The molecule has 0 amide bonds. The molecule has 1 aliphatic rings. The first-order valence-corrected chi connectivity index (χ1v) is 8.61. The number of fused-ring (bicyclic) bond motifs is 1. The van der Waals surface area contributed by atoms with Crippen LogP contribution in [0.2, 0.25) is 0 Å². The summed E-state index contributed by atoms with van der Waals surface area (Å²) in [7, 11) is 1.56. The van der Waals surface area contributed by atoms with Gasteiger partial charge in [0.1, 0.15) is 18.3 Å². The van der Waals surface area contributed by atoms with Crippen LogP contribution in [-0.4, -0.2) is 33.2 Å². The molecule has 138 valence electrons. The first-order valence-electron chi connectivity index (χ1n) is 8.61. The lowest BCUT2D eigenvalue weighted by atomic mass is 10.2. The molecule has 0 radical (unpaired) electrons. The Balaban J connectivity index is 1.60. The molecule has 1 fully saturated rings. The van der Waals surface area contributed by atoms with Gasteiger partial charge in [0, 0.05) is 12.7 Å². The van der Waals surface area contributed by atoms with Gasteiger partial charge in [-0.15, -0.1) is 0 Å². The normalized spacial score (nSPS) is 18.0. The first-order chi connectivity index (χ1) is 12.7. The summed E-state index contributed by atoms with van der Waals surface area (Å²) < 4.78 is 32.1. The van der Waals surface area contributed by atoms with Gasteiger partial charge in [-0.05, 0) is 19.3 Å². The number of nitrogens with one attached hydrogen (secondary N) is 1. The van der Waals surface area contributed by atoms with Gasteiger partial charge in [0.2, 0.25) is 0 Å². The Morgan fingerprint density at radius 1 is 1.35 bits per heavy atom. The number of halogens is 1. The molecule has 3 aromatic rings. The highest BCUT2D eigenvalue weighted by Crippen LogP contribution is 2.27. The fourth-order valence-corrected chi connectivity index (χ4v) is 3.07. The number of ether oxygens (including phenoxy) is 2. The smallest absolute Gasteiger partial charge is 0.312 e. The Kier molecular flexibility index (Phi) is 4.70. The molecule has 4 heterocycles. The second kappa shape index (κ2) is 7.28. The standard InChI is InChI=1S/C17H20FN5O3/c1-24-12-7-11(26-9-12)8-19-15-14-16(22-17(18)21-15)23(10-20-14)13-5-3-2-4-6-25-13/h7,9-10,13H,2-6,8H2,1H3,(H,19,21,22). The quantitative estimate of drug-likeness (QED) is 0.698. The van der Waals surface area contributed by atoms with Crippen molar-refractivity contribution in [3.05, 3.63) is 30.5 Å². The van der Waals surface area contributed by atoms with Gasteiger partial charge in [0.05, 0.1) is 20.0 Å². The van der Waals surface area contributed by atoms with Crippen molar-refractivity contribution in [1.29, 1.82) is 0 Å². The number of hydrogen-bond donors (Lipinski definition) is 1. The molecule has 8 nitrogen and oxygen atoms in total. The first kappa shape index (κ1) is 16.8. The Labute approximate surface area is 149 Å². The molecule has 0 saturated carbocycles. The van der Waals surface area contributed by atoms with Gasteiger partial charge in [-0.1, -0.05) is 6.42 Å². The summed E-state index contributed by atoms with van der Waals surface area (Å²) in [6.07, 6.45) is 6.22. The van der Waals surface area contributed by atoms with E-state index in [1.54, 1.807) is 24.1 Å². The van der Waals surface area contributed by atoms with E-state index >= 15 is 0 Å². The molecule has 9 heteroatoms. The second-order valence-corrected chi connectivity index (χ2v) is 6.15. The van der Waals surface area contributed by atoms with Crippen molar-refractivity contribution in [1.82, 2.24) is 19.5 Å². The Morgan fingerprint density at radius 2 is 2.27 bits per heavy atom. The molecule has 4 rings (SSSR count). The third-order valence-electron chi connectivity index (χ3n) is 4.41. The van der Waals surface area contributed by atoms with Crippen molar-refractivity contribution in [2.45, 2.75) is 38.5 Å². The highest BCUT2D eigenvalue weighted by atomic mass is 19.1. The number of methoxy groups -OCH3 is 1. The van der Waals surface area contributed by atoms with Gasteiger partial charge in [-0.2, -0.15) is 14.4 Å². The van der Waals surface area contributed by atoms with Crippen LogP contribution in [0.1, 0.15) is 37.7 Å². The molecule has 0 spiro atoms. The summed E-state index contributed by atoms with van der Waals surface area (Å²) in [4.78, 5) is 12.1. The maximum Gasteiger partial charge on any atom is 0.312 e. The number of hydrogen-bond acceptors (Lipinski definition) is 7. The van der Waals surface area contributed by atoms with E-state index in [1.807, 2.05) is 0 Å². The van der Waals surface area contributed by atoms with Crippen molar-refractivity contribution in [2.75, 3.05) is 19.0 Å².